The largest absolute Gasteiger partial charge is 0.376 e. The predicted octanol–water partition coefficient (Wildman–Crippen LogP) is 2.61. The van der Waals surface area contributed by atoms with Crippen molar-refractivity contribution in [3.8, 4) is 0 Å². The van der Waals surface area contributed by atoms with Crippen LogP contribution in [0.2, 0.25) is 0 Å². The Labute approximate surface area is 106 Å². The molecule has 2 rings (SSSR count). The first-order chi connectivity index (χ1) is 8.29. The lowest BCUT2D eigenvalue weighted by Crippen LogP contribution is -2.31. The van der Waals surface area contributed by atoms with E-state index in [0.29, 0.717) is 6.54 Å². The van der Waals surface area contributed by atoms with Gasteiger partial charge in [0, 0.05) is 23.4 Å². The predicted molar refractivity (Wildman–Crippen MR) is 69.6 cm³/mol. The number of aryl methyl sites for hydroxylation is 1. The Hall–Kier alpha value is -0.870. The number of amides is 1. The standard InChI is InChI=1S/C13H19NO2S/c1-2-4-12-7-10(9-17-12)13(15)14-8-11-5-3-6-16-11/h7,9,11H,2-6,8H2,1H3,(H,14,15). The molecule has 0 spiro atoms. The van der Waals surface area contributed by atoms with Crippen molar-refractivity contribution in [1.29, 1.82) is 0 Å². The summed E-state index contributed by atoms with van der Waals surface area (Å²) >= 11 is 1.67. The minimum absolute atomic E-state index is 0.0269. The van der Waals surface area contributed by atoms with Crippen molar-refractivity contribution in [2.75, 3.05) is 13.2 Å². The maximum Gasteiger partial charge on any atom is 0.252 e. The van der Waals surface area contributed by atoms with Gasteiger partial charge in [-0.15, -0.1) is 11.3 Å². The summed E-state index contributed by atoms with van der Waals surface area (Å²) in [7, 11) is 0. The van der Waals surface area contributed by atoms with Crippen LogP contribution in [-0.4, -0.2) is 25.2 Å². The molecule has 1 fully saturated rings. The van der Waals surface area contributed by atoms with Gasteiger partial charge in [0.15, 0.2) is 0 Å². The molecular formula is C13H19NO2S. The highest BCUT2D eigenvalue weighted by Crippen LogP contribution is 2.16. The van der Waals surface area contributed by atoms with Gasteiger partial charge in [-0.3, -0.25) is 4.79 Å². The summed E-state index contributed by atoms with van der Waals surface area (Å²) in [5.41, 5.74) is 0.788. The molecule has 1 N–H and O–H groups in total. The zero-order valence-corrected chi connectivity index (χ0v) is 11.0. The highest BCUT2D eigenvalue weighted by Gasteiger charge is 2.17. The van der Waals surface area contributed by atoms with Crippen LogP contribution in [0.5, 0.6) is 0 Å². The summed E-state index contributed by atoms with van der Waals surface area (Å²) in [6.07, 6.45) is 4.57. The van der Waals surface area contributed by atoms with Crippen molar-refractivity contribution in [2.24, 2.45) is 0 Å². The average Bonchev–Trinajstić information content (AvgIpc) is 2.97. The first-order valence-corrected chi connectivity index (χ1v) is 7.14. The van der Waals surface area contributed by atoms with Gasteiger partial charge in [0.2, 0.25) is 0 Å². The molecule has 0 saturated carbocycles. The van der Waals surface area contributed by atoms with E-state index in [1.54, 1.807) is 11.3 Å². The molecule has 0 aliphatic carbocycles. The van der Waals surface area contributed by atoms with Crippen molar-refractivity contribution in [2.45, 2.75) is 38.7 Å². The molecule has 0 radical (unpaired) electrons. The monoisotopic (exact) mass is 253 g/mol. The second kappa shape index (κ2) is 6.17. The highest BCUT2D eigenvalue weighted by atomic mass is 32.1. The SMILES string of the molecule is CCCc1cc(C(=O)NCC2CCCO2)cs1. The van der Waals surface area contributed by atoms with Crippen molar-refractivity contribution in [3.05, 3.63) is 21.9 Å². The lowest BCUT2D eigenvalue weighted by molar-refractivity contribution is 0.0858. The van der Waals surface area contributed by atoms with Gasteiger partial charge in [0.25, 0.3) is 5.91 Å². The molecule has 1 saturated heterocycles. The maximum atomic E-state index is 11.9. The fourth-order valence-electron chi connectivity index (χ4n) is 1.99. The first-order valence-electron chi connectivity index (χ1n) is 6.27. The quantitative estimate of drug-likeness (QED) is 0.876. The van der Waals surface area contributed by atoms with E-state index in [4.69, 9.17) is 4.74 Å². The lowest BCUT2D eigenvalue weighted by Gasteiger charge is -2.09. The fourth-order valence-corrected chi connectivity index (χ4v) is 2.96. The number of ether oxygens (including phenoxy) is 1. The molecule has 1 aromatic heterocycles. The van der Waals surface area contributed by atoms with Gasteiger partial charge >= 0.3 is 0 Å². The summed E-state index contributed by atoms with van der Waals surface area (Å²) < 4.78 is 5.47. The van der Waals surface area contributed by atoms with Crippen LogP contribution in [0.25, 0.3) is 0 Å². The zero-order valence-electron chi connectivity index (χ0n) is 10.2. The second-order valence-corrected chi connectivity index (χ2v) is 5.39. The van der Waals surface area contributed by atoms with Gasteiger partial charge < -0.3 is 10.1 Å². The van der Waals surface area contributed by atoms with E-state index in [2.05, 4.69) is 12.2 Å². The van der Waals surface area contributed by atoms with Crippen LogP contribution in [-0.2, 0) is 11.2 Å². The average molecular weight is 253 g/mol. The van der Waals surface area contributed by atoms with E-state index >= 15 is 0 Å². The Morgan fingerprint density at radius 3 is 3.24 bits per heavy atom. The number of thiophene rings is 1. The van der Waals surface area contributed by atoms with Crippen LogP contribution in [0.3, 0.4) is 0 Å². The molecule has 1 atom stereocenters. The van der Waals surface area contributed by atoms with Crippen LogP contribution in [0, 0.1) is 0 Å². The number of hydrogen-bond donors (Lipinski definition) is 1. The first kappa shape index (κ1) is 12.6. The van der Waals surface area contributed by atoms with E-state index in [9.17, 15) is 4.79 Å². The Kier molecular flexibility index (Phi) is 4.57. The van der Waals surface area contributed by atoms with E-state index in [0.717, 1.165) is 37.9 Å². The normalized spacial score (nSPS) is 19.5. The Morgan fingerprint density at radius 2 is 2.53 bits per heavy atom. The van der Waals surface area contributed by atoms with Crippen LogP contribution >= 0.6 is 11.3 Å². The van der Waals surface area contributed by atoms with Gasteiger partial charge in [-0.2, -0.15) is 0 Å². The van der Waals surface area contributed by atoms with Crippen LogP contribution in [0.15, 0.2) is 11.4 Å². The summed E-state index contributed by atoms with van der Waals surface area (Å²) in [6, 6.07) is 2.00. The van der Waals surface area contributed by atoms with Gasteiger partial charge in [0.1, 0.15) is 0 Å². The van der Waals surface area contributed by atoms with Crippen LogP contribution in [0.4, 0.5) is 0 Å². The number of hydrogen-bond acceptors (Lipinski definition) is 3. The summed E-state index contributed by atoms with van der Waals surface area (Å²) in [4.78, 5) is 13.1. The third-order valence-electron chi connectivity index (χ3n) is 2.93. The highest BCUT2D eigenvalue weighted by molar-refractivity contribution is 7.10. The number of nitrogens with one attached hydrogen (secondary N) is 1. The number of carbonyl (C=O) groups is 1. The van der Waals surface area contributed by atoms with Crippen LogP contribution < -0.4 is 5.32 Å². The number of rotatable bonds is 5. The fraction of sp³-hybridized carbons (Fsp3) is 0.615. The topological polar surface area (TPSA) is 38.3 Å². The van der Waals surface area contributed by atoms with Crippen molar-refractivity contribution in [3.63, 3.8) is 0 Å². The van der Waals surface area contributed by atoms with E-state index in [-0.39, 0.29) is 12.0 Å². The number of carbonyl (C=O) groups excluding carboxylic acids is 1. The molecule has 94 valence electrons. The van der Waals surface area contributed by atoms with Crippen molar-refractivity contribution in [1.82, 2.24) is 5.32 Å². The summed E-state index contributed by atoms with van der Waals surface area (Å²) in [6.45, 7) is 3.62. The van der Waals surface area contributed by atoms with E-state index in [1.165, 1.54) is 4.88 Å². The minimum Gasteiger partial charge on any atom is -0.376 e. The molecular weight excluding hydrogens is 234 g/mol. The maximum absolute atomic E-state index is 11.9. The molecule has 1 aliphatic rings. The molecule has 1 amide bonds. The zero-order chi connectivity index (χ0) is 12.1. The summed E-state index contributed by atoms with van der Waals surface area (Å²) in [5, 5.41) is 4.88. The second-order valence-electron chi connectivity index (χ2n) is 4.40. The molecule has 17 heavy (non-hydrogen) atoms. The Balaban J connectivity index is 1.81. The van der Waals surface area contributed by atoms with E-state index in [1.807, 2.05) is 11.4 Å². The molecule has 0 aromatic carbocycles. The van der Waals surface area contributed by atoms with Crippen molar-refractivity contribution >= 4 is 17.2 Å². The van der Waals surface area contributed by atoms with Gasteiger partial charge in [-0.1, -0.05) is 13.3 Å². The molecule has 4 heteroatoms. The smallest absolute Gasteiger partial charge is 0.252 e. The molecule has 2 heterocycles. The third kappa shape index (κ3) is 3.54. The van der Waals surface area contributed by atoms with Gasteiger partial charge in [-0.25, -0.2) is 0 Å². The third-order valence-corrected chi connectivity index (χ3v) is 3.92. The van der Waals surface area contributed by atoms with E-state index < -0.39 is 0 Å². The lowest BCUT2D eigenvalue weighted by atomic mass is 10.2. The van der Waals surface area contributed by atoms with Crippen LogP contribution in [0.1, 0.15) is 41.4 Å². The van der Waals surface area contributed by atoms with Gasteiger partial charge in [0.05, 0.1) is 11.7 Å². The molecule has 1 aliphatic heterocycles. The molecule has 0 bridgehead atoms. The minimum atomic E-state index is 0.0269. The molecule has 3 nitrogen and oxygen atoms in total. The van der Waals surface area contributed by atoms with Crippen molar-refractivity contribution < 1.29 is 9.53 Å². The summed E-state index contributed by atoms with van der Waals surface area (Å²) in [5.74, 6) is 0.0269. The Morgan fingerprint density at radius 1 is 1.65 bits per heavy atom. The van der Waals surface area contributed by atoms with Gasteiger partial charge in [-0.05, 0) is 25.3 Å². The Bertz CT molecular complexity index is 369. The molecule has 1 unspecified atom stereocenters. The molecule has 1 aromatic rings.